The van der Waals surface area contributed by atoms with Crippen LogP contribution in [-0.4, -0.2) is 25.5 Å². The van der Waals surface area contributed by atoms with E-state index in [0.717, 1.165) is 6.42 Å². The van der Waals surface area contributed by atoms with Crippen LogP contribution in [0.3, 0.4) is 0 Å². The van der Waals surface area contributed by atoms with Gasteiger partial charge in [0.05, 0.1) is 13.7 Å². The highest BCUT2D eigenvalue weighted by molar-refractivity contribution is 5.98. The van der Waals surface area contributed by atoms with E-state index in [0.29, 0.717) is 35.2 Å². The number of nitrogens with one attached hydrogen (secondary N) is 1. The average molecular weight is 370 g/mol. The Balaban J connectivity index is 2.14. The van der Waals surface area contributed by atoms with Crippen molar-refractivity contribution < 1.29 is 19.1 Å². The van der Waals surface area contributed by atoms with Crippen molar-refractivity contribution in [1.29, 1.82) is 0 Å². The smallest absolute Gasteiger partial charge is 0.252 e. The number of carbonyl (C=O) groups excluding carboxylic acids is 2. The number of ether oxygens (including phenoxy) is 2. The molecule has 3 N–H and O–H groups in total. The molecule has 0 bridgehead atoms. The summed E-state index contributed by atoms with van der Waals surface area (Å²) in [6.07, 6.45) is 0.919. The lowest BCUT2D eigenvalue weighted by atomic mass is 10.1. The molecule has 27 heavy (non-hydrogen) atoms. The van der Waals surface area contributed by atoms with Gasteiger partial charge in [0.1, 0.15) is 6.04 Å². The molecule has 0 radical (unpaired) electrons. The Bertz CT molecular complexity index is 775. The Kier molecular flexibility index (Phi) is 7.23. The van der Waals surface area contributed by atoms with Crippen LogP contribution in [0.15, 0.2) is 48.5 Å². The van der Waals surface area contributed by atoms with E-state index in [4.69, 9.17) is 15.2 Å². The molecular weight excluding hydrogens is 344 g/mol. The highest BCUT2D eigenvalue weighted by atomic mass is 16.5. The van der Waals surface area contributed by atoms with Crippen LogP contribution in [0.2, 0.25) is 0 Å². The van der Waals surface area contributed by atoms with Gasteiger partial charge in [-0.15, -0.1) is 0 Å². The molecule has 0 aliphatic rings. The summed E-state index contributed by atoms with van der Waals surface area (Å²) in [7, 11) is 1.52. The molecule has 6 nitrogen and oxygen atoms in total. The summed E-state index contributed by atoms with van der Waals surface area (Å²) in [5.41, 5.74) is 6.43. The predicted molar refractivity (Wildman–Crippen MR) is 104 cm³/mol. The van der Waals surface area contributed by atoms with Crippen molar-refractivity contribution >= 4 is 11.8 Å². The molecule has 6 heteroatoms. The molecule has 2 aromatic rings. The lowest BCUT2D eigenvalue weighted by Crippen LogP contribution is -2.37. The van der Waals surface area contributed by atoms with Crippen molar-refractivity contribution in [2.24, 2.45) is 11.7 Å². The zero-order valence-corrected chi connectivity index (χ0v) is 15.9. The van der Waals surface area contributed by atoms with E-state index < -0.39 is 17.9 Å². The van der Waals surface area contributed by atoms with Crippen molar-refractivity contribution in [2.75, 3.05) is 13.7 Å². The van der Waals surface area contributed by atoms with Crippen molar-refractivity contribution in [3.05, 3.63) is 59.7 Å². The number of primary amides is 1. The van der Waals surface area contributed by atoms with E-state index in [1.54, 1.807) is 42.5 Å². The van der Waals surface area contributed by atoms with Gasteiger partial charge < -0.3 is 20.5 Å². The largest absolute Gasteiger partial charge is 0.493 e. The summed E-state index contributed by atoms with van der Waals surface area (Å²) in [4.78, 5) is 24.4. The minimum Gasteiger partial charge on any atom is -0.493 e. The van der Waals surface area contributed by atoms with E-state index in [2.05, 4.69) is 19.2 Å². The van der Waals surface area contributed by atoms with Crippen LogP contribution < -0.4 is 20.5 Å². The average Bonchev–Trinajstić information content (AvgIpc) is 2.66. The number of carbonyl (C=O) groups is 2. The molecular formula is C21H26N2O4. The van der Waals surface area contributed by atoms with Gasteiger partial charge in [-0.2, -0.15) is 0 Å². The number of hydrogen-bond donors (Lipinski definition) is 2. The standard InChI is InChI=1S/C21H26N2O4/c1-14(2)11-12-27-17-10-9-16(13-18(17)26-3)21(25)23-19(20(22)24)15-7-5-4-6-8-15/h4-10,13-14,19H,11-12H2,1-3H3,(H2,22,24)(H,23,25)/t19-/m0/s1. The monoisotopic (exact) mass is 370 g/mol. The number of hydrogen-bond acceptors (Lipinski definition) is 4. The van der Waals surface area contributed by atoms with Crippen molar-refractivity contribution in [3.8, 4) is 11.5 Å². The fourth-order valence-corrected chi connectivity index (χ4v) is 2.51. The van der Waals surface area contributed by atoms with E-state index in [1.807, 2.05) is 6.07 Å². The molecule has 144 valence electrons. The molecule has 0 heterocycles. The number of rotatable bonds is 9. The van der Waals surface area contributed by atoms with Crippen LogP contribution in [0, 0.1) is 5.92 Å². The first-order valence-corrected chi connectivity index (χ1v) is 8.88. The first-order valence-electron chi connectivity index (χ1n) is 8.88. The van der Waals surface area contributed by atoms with Gasteiger partial charge in [0.25, 0.3) is 5.91 Å². The molecule has 0 spiro atoms. The third-order valence-corrected chi connectivity index (χ3v) is 4.07. The first kappa shape index (κ1) is 20.3. The van der Waals surface area contributed by atoms with Gasteiger partial charge in [-0.05, 0) is 36.1 Å². The van der Waals surface area contributed by atoms with E-state index in [-0.39, 0.29) is 0 Å². The second-order valence-corrected chi connectivity index (χ2v) is 6.62. The van der Waals surface area contributed by atoms with Crippen LogP contribution in [0.1, 0.15) is 42.2 Å². The maximum absolute atomic E-state index is 12.6. The molecule has 2 aromatic carbocycles. The van der Waals surface area contributed by atoms with Crippen LogP contribution in [0.5, 0.6) is 11.5 Å². The van der Waals surface area contributed by atoms with Crippen LogP contribution >= 0.6 is 0 Å². The third kappa shape index (κ3) is 5.74. The van der Waals surface area contributed by atoms with Crippen LogP contribution in [0.25, 0.3) is 0 Å². The molecule has 1 atom stereocenters. The summed E-state index contributed by atoms with van der Waals surface area (Å²) in [6.45, 7) is 4.81. The molecule has 0 unspecified atom stereocenters. The first-order chi connectivity index (χ1) is 12.9. The SMILES string of the molecule is COc1cc(C(=O)N[C@H](C(N)=O)c2ccccc2)ccc1OCCC(C)C. The fraction of sp³-hybridized carbons (Fsp3) is 0.333. The van der Waals surface area contributed by atoms with Crippen molar-refractivity contribution in [3.63, 3.8) is 0 Å². The maximum Gasteiger partial charge on any atom is 0.252 e. The number of amides is 2. The van der Waals surface area contributed by atoms with Gasteiger partial charge >= 0.3 is 0 Å². The molecule has 0 aliphatic heterocycles. The Morgan fingerprint density at radius 2 is 1.78 bits per heavy atom. The maximum atomic E-state index is 12.6. The van der Waals surface area contributed by atoms with Gasteiger partial charge in [-0.1, -0.05) is 44.2 Å². The number of methoxy groups -OCH3 is 1. The van der Waals surface area contributed by atoms with Gasteiger partial charge in [0, 0.05) is 5.56 Å². The molecule has 2 rings (SSSR count). The normalized spacial score (nSPS) is 11.7. The Morgan fingerprint density at radius 1 is 1.07 bits per heavy atom. The lowest BCUT2D eigenvalue weighted by molar-refractivity contribution is -0.120. The molecule has 0 aromatic heterocycles. The summed E-state index contributed by atoms with van der Waals surface area (Å²) in [5, 5.41) is 2.67. The highest BCUT2D eigenvalue weighted by Crippen LogP contribution is 2.28. The van der Waals surface area contributed by atoms with Gasteiger partial charge in [-0.3, -0.25) is 9.59 Å². The quantitative estimate of drug-likeness (QED) is 0.710. The number of benzene rings is 2. The zero-order chi connectivity index (χ0) is 19.8. The topological polar surface area (TPSA) is 90.6 Å². The van der Waals surface area contributed by atoms with Crippen LogP contribution in [-0.2, 0) is 4.79 Å². The van der Waals surface area contributed by atoms with Crippen LogP contribution in [0.4, 0.5) is 0 Å². The van der Waals surface area contributed by atoms with Crippen molar-refractivity contribution in [2.45, 2.75) is 26.3 Å². The summed E-state index contributed by atoms with van der Waals surface area (Å²) < 4.78 is 11.1. The van der Waals surface area contributed by atoms with Gasteiger partial charge in [-0.25, -0.2) is 0 Å². The lowest BCUT2D eigenvalue weighted by Gasteiger charge is -2.17. The summed E-state index contributed by atoms with van der Waals surface area (Å²) >= 11 is 0. The molecule has 0 saturated carbocycles. The molecule has 2 amide bonds. The van der Waals surface area contributed by atoms with E-state index in [9.17, 15) is 9.59 Å². The fourth-order valence-electron chi connectivity index (χ4n) is 2.51. The zero-order valence-electron chi connectivity index (χ0n) is 15.9. The van der Waals surface area contributed by atoms with E-state index in [1.165, 1.54) is 7.11 Å². The van der Waals surface area contributed by atoms with Gasteiger partial charge in [0.2, 0.25) is 5.91 Å². The third-order valence-electron chi connectivity index (χ3n) is 4.07. The molecule has 0 fully saturated rings. The second-order valence-electron chi connectivity index (χ2n) is 6.62. The minimum absolute atomic E-state index is 0.352. The Morgan fingerprint density at radius 3 is 2.37 bits per heavy atom. The summed E-state index contributed by atoms with van der Waals surface area (Å²) in [6, 6.07) is 12.9. The summed E-state index contributed by atoms with van der Waals surface area (Å²) in [5.74, 6) is 0.514. The molecule has 0 aliphatic carbocycles. The highest BCUT2D eigenvalue weighted by Gasteiger charge is 2.21. The Hall–Kier alpha value is -3.02. The van der Waals surface area contributed by atoms with E-state index >= 15 is 0 Å². The van der Waals surface area contributed by atoms with Gasteiger partial charge in [0.15, 0.2) is 11.5 Å². The molecule has 0 saturated heterocycles. The predicted octanol–water partition coefficient (Wildman–Crippen LogP) is 3.08. The number of nitrogens with two attached hydrogens (primary N) is 1. The Labute approximate surface area is 159 Å². The minimum atomic E-state index is -0.910. The van der Waals surface area contributed by atoms with Crippen molar-refractivity contribution in [1.82, 2.24) is 5.32 Å². The second kappa shape index (κ2) is 9.62.